The molecule has 0 bridgehead atoms. The molecule has 9 nitrogen and oxygen atoms in total. The van der Waals surface area contributed by atoms with Gasteiger partial charge in [-0.1, -0.05) is 18.2 Å². The number of guanidine groups is 1. The summed E-state index contributed by atoms with van der Waals surface area (Å²) in [5, 5.41) is 21.7. The van der Waals surface area contributed by atoms with Crippen LogP contribution in [0.15, 0.2) is 47.5 Å². The number of carboxylic acid groups (broad SMARTS) is 1. The standard InChI is InChI=1S/C24H27N5O4/c1-14-25-18-12-15(23(2,3)33)9-10-19(18)29(14)17-8-6-7-16(11-17)24(4)13-20(30)28(5)21(27-24)26-22(31)32/h6-12,33H,13H2,1-5H3,(H,26,27)(H,31,32)/t24-/m0/s1. The number of carbonyl (C=O) groups excluding carboxylic acids is 1. The molecule has 9 heteroatoms. The first-order valence-electron chi connectivity index (χ1n) is 10.6. The first kappa shape index (κ1) is 22.5. The number of nitrogens with one attached hydrogen (secondary N) is 1. The molecule has 0 fully saturated rings. The third-order valence-corrected chi connectivity index (χ3v) is 6.01. The fraction of sp³-hybridized carbons (Fsp3) is 0.333. The second-order valence-corrected chi connectivity index (χ2v) is 9.08. The molecule has 3 aromatic rings. The fourth-order valence-corrected chi connectivity index (χ4v) is 4.14. The number of fused-ring (bicyclic) bond motifs is 1. The van der Waals surface area contributed by atoms with Crippen LogP contribution in [0.5, 0.6) is 0 Å². The van der Waals surface area contributed by atoms with Gasteiger partial charge in [0.1, 0.15) is 5.82 Å². The zero-order chi connectivity index (χ0) is 24.1. The van der Waals surface area contributed by atoms with E-state index in [1.165, 1.54) is 11.9 Å². The molecule has 0 saturated heterocycles. The van der Waals surface area contributed by atoms with Crippen molar-refractivity contribution < 1.29 is 19.8 Å². The molecule has 1 atom stereocenters. The Balaban J connectivity index is 1.81. The second kappa shape index (κ2) is 7.70. The zero-order valence-electron chi connectivity index (χ0n) is 19.2. The SMILES string of the molecule is Cc1nc2cc(C(C)(C)O)ccc2n1-c1cccc([C@]2(C)CC(=O)N(C)C(NC(=O)O)=N2)c1. The molecule has 3 N–H and O–H groups in total. The number of aliphatic hydroxyl groups is 1. The van der Waals surface area contributed by atoms with Crippen LogP contribution in [0.25, 0.3) is 16.7 Å². The first-order chi connectivity index (χ1) is 15.4. The van der Waals surface area contributed by atoms with E-state index >= 15 is 0 Å². The quantitative estimate of drug-likeness (QED) is 0.567. The van der Waals surface area contributed by atoms with Gasteiger partial charge >= 0.3 is 6.09 Å². The topological polar surface area (TPSA) is 120 Å². The van der Waals surface area contributed by atoms with Gasteiger partial charge in [0.25, 0.3) is 0 Å². The van der Waals surface area contributed by atoms with Crippen molar-refractivity contribution in [1.29, 1.82) is 0 Å². The molecule has 1 aromatic heterocycles. The second-order valence-electron chi connectivity index (χ2n) is 9.08. The Kier molecular flexibility index (Phi) is 5.24. The Labute approximate surface area is 191 Å². The van der Waals surface area contributed by atoms with Crippen LogP contribution in [-0.2, 0) is 15.9 Å². The summed E-state index contributed by atoms with van der Waals surface area (Å²) in [6, 6.07) is 13.4. The van der Waals surface area contributed by atoms with E-state index in [-0.39, 0.29) is 18.3 Å². The number of imidazole rings is 1. The summed E-state index contributed by atoms with van der Waals surface area (Å²) in [7, 11) is 1.50. The number of aromatic nitrogens is 2. The molecular formula is C24H27N5O4. The molecule has 0 spiro atoms. The fourth-order valence-electron chi connectivity index (χ4n) is 4.14. The van der Waals surface area contributed by atoms with Crippen molar-refractivity contribution in [2.24, 2.45) is 4.99 Å². The predicted octanol–water partition coefficient (Wildman–Crippen LogP) is 3.26. The van der Waals surface area contributed by atoms with Gasteiger partial charge in [-0.15, -0.1) is 0 Å². The molecule has 2 heterocycles. The van der Waals surface area contributed by atoms with Crippen LogP contribution >= 0.6 is 0 Å². The highest BCUT2D eigenvalue weighted by Crippen LogP contribution is 2.35. The van der Waals surface area contributed by atoms with Gasteiger partial charge in [-0.2, -0.15) is 0 Å². The van der Waals surface area contributed by atoms with Crippen LogP contribution in [0.1, 0.15) is 44.1 Å². The number of hydrogen-bond donors (Lipinski definition) is 3. The number of rotatable bonds is 3. The summed E-state index contributed by atoms with van der Waals surface area (Å²) in [6.45, 7) is 7.19. The predicted molar refractivity (Wildman–Crippen MR) is 124 cm³/mol. The molecule has 1 aliphatic heterocycles. The van der Waals surface area contributed by atoms with Crippen LogP contribution in [0.3, 0.4) is 0 Å². The third-order valence-electron chi connectivity index (χ3n) is 6.01. The molecule has 0 radical (unpaired) electrons. The molecule has 33 heavy (non-hydrogen) atoms. The highest BCUT2D eigenvalue weighted by Gasteiger charge is 2.37. The van der Waals surface area contributed by atoms with Crippen molar-refractivity contribution in [3.63, 3.8) is 0 Å². The van der Waals surface area contributed by atoms with E-state index in [0.29, 0.717) is 0 Å². The lowest BCUT2D eigenvalue weighted by atomic mass is 9.87. The minimum absolute atomic E-state index is 0.00457. The Morgan fingerprint density at radius 1 is 1.21 bits per heavy atom. The number of nitrogens with zero attached hydrogens (tertiary/aromatic N) is 4. The molecule has 0 aliphatic carbocycles. The van der Waals surface area contributed by atoms with Gasteiger partial charge in [-0.05, 0) is 63.1 Å². The molecule has 0 saturated carbocycles. The Morgan fingerprint density at radius 3 is 2.61 bits per heavy atom. The van der Waals surface area contributed by atoms with Gasteiger partial charge in [0.05, 0.1) is 28.6 Å². The van der Waals surface area contributed by atoms with Gasteiger partial charge in [0.2, 0.25) is 11.9 Å². The van der Waals surface area contributed by atoms with Crippen LogP contribution in [0.2, 0.25) is 0 Å². The number of benzene rings is 2. The van der Waals surface area contributed by atoms with E-state index in [1.54, 1.807) is 13.8 Å². The summed E-state index contributed by atoms with van der Waals surface area (Å²) in [4.78, 5) is 34.2. The van der Waals surface area contributed by atoms with E-state index in [2.05, 4.69) is 15.3 Å². The molecule has 1 aliphatic rings. The third kappa shape index (κ3) is 4.07. The van der Waals surface area contributed by atoms with Gasteiger partial charge in [0, 0.05) is 12.7 Å². The molecule has 2 aromatic carbocycles. The average molecular weight is 450 g/mol. The normalized spacial score (nSPS) is 19.0. The molecule has 4 rings (SSSR count). The van der Waals surface area contributed by atoms with E-state index < -0.39 is 17.2 Å². The maximum absolute atomic E-state index is 12.6. The number of amides is 2. The summed E-state index contributed by atoms with van der Waals surface area (Å²) in [5.41, 5.74) is 2.15. The van der Waals surface area contributed by atoms with Crippen molar-refractivity contribution >= 4 is 29.0 Å². The number of aryl methyl sites for hydroxylation is 1. The summed E-state index contributed by atoms with van der Waals surface area (Å²) in [5.74, 6) is 0.538. The van der Waals surface area contributed by atoms with Gasteiger partial charge < -0.3 is 10.2 Å². The van der Waals surface area contributed by atoms with Crippen molar-refractivity contribution in [1.82, 2.24) is 19.8 Å². The average Bonchev–Trinajstić information content (AvgIpc) is 3.05. The van der Waals surface area contributed by atoms with Crippen LogP contribution < -0.4 is 5.32 Å². The maximum atomic E-state index is 12.6. The van der Waals surface area contributed by atoms with Crippen molar-refractivity contribution in [2.75, 3.05) is 7.05 Å². The number of hydrogen-bond acceptors (Lipinski definition) is 5. The van der Waals surface area contributed by atoms with Gasteiger partial charge in [-0.25, -0.2) is 14.8 Å². The monoisotopic (exact) mass is 449 g/mol. The van der Waals surface area contributed by atoms with E-state index in [1.807, 2.05) is 60.9 Å². The summed E-state index contributed by atoms with van der Waals surface area (Å²) >= 11 is 0. The van der Waals surface area contributed by atoms with Crippen molar-refractivity contribution in [3.05, 3.63) is 59.4 Å². The van der Waals surface area contributed by atoms with Crippen LogP contribution in [0, 0.1) is 6.92 Å². The van der Waals surface area contributed by atoms with Crippen molar-refractivity contribution in [2.45, 2.75) is 45.3 Å². The zero-order valence-corrected chi connectivity index (χ0v) is 19.2. The minimum Gasteiger partial charge on any atom is -0.465 e. The number of carbonyl (C=O) groups is 2. The lowest BCUT2D eigenvalue weighted by molar-refractivity contribution is -0.128. The largest absolute Gasteiger partial charge is 0.465 e. The molecule has 2 amide bonds. The van der Waals surface area contributed by atoms with Crippen LogP contribution in [-0.4, -0.2) is 49.7 Å². The number of aliphatic imine (C=N–C) groups is 1. The summed E-state index contributed by atoms with van der Waals surface area (Å²) < 4.78 is 2.01. The Morgan fingerprint density at radius 2 is 1.94 bits per heavy atom. The van der Waals surface area contributed by atoms with E-state index in [4.69, 9.17) is 5.11 Å². The molecule has 172 valence electrons. The Hall–Kier alpha value is -3.72. The summed E-state index contributed by atoms with van der Waals surface area (Å²) in [6.07, 6.45) is -1.17. The van der Waals surface area contributed by atoms with Gasteiger partial charge in [0.15, 0.2) is 0 Å². The molecular weight excluding hydrogens is 422 g/mol. The molecule has 0 unspecified atom stereocenters. The lowest BCUT2D eigenvalue weighted by Crippen LogP contribution is -2.51. The van der Waals surface area contributed by atoms with Crippen molar-refractivity contribution in [3.8, 4) is 5.69 Å². The van der Waals surface area contributed by atoms with Gasteiger partial charge in [-0.3, -0.25) is 19.6 Å². The lowest BCUT2D eigenvalue weighted by Gasteiger charge is -2.34. The Bertz CT molecular complexity index is 1300. The highest BCUT2D eigenvalue weighted by molar-refractivity contribution is 6.04. The van der Waals surface area contributed by atoms with Crippen LogP contribution in [0.4, 0.5) is 4.79 Å². The maximum Gasteiger partial charge on any atom is 0.411 e. The van der Waals surface area contributed by atoms with E-state index in [0.717, 1.165) is 33.7 Å². The van der Waals surface area contributed by atoms with E-state index in [9.17, 15) is 14.7 Å². The highest BCUT2D eigenvalue weighted by atomic mass is 16.4. The smallest absolute Gasteiger partial charge is 0.411 e. The first-order valence-corrected chi connectivity index (χ1v) is 10.6. The minimum atomic E-state index is -1.28.